The average molecular weight is 608 g/mol. The van der Waals surface area contributed by atoms with Gasteiger partial charge in [-0.15, -0.1) is 0 Å². The first kappa shape index (κ1) is 36.4. The molecule has 0 unspecified atom stereocenters. The summed E-state index contributed by atoms with van der Waals surface area (Å²) in [4.78, 5) is 74.2. The molecule has 18 heteroatoms. The highest BCUT2D eigenvalue weighted by atomic mass is 16.6. The van der Waals surface area contributed by atoms with E-state index < -0.39 is 110 Å². The molecule has 0 aliphatic carbocycles. The molecule has 8 atom stereocenters. The van der Waals surface area contributed by atoms with Crippen LogP contribution < -0.4 is 26.6 Å². The maximum absolute atomic E-state index is 13.1. The number of carbonyl (C=O) groups excluding carboxylic acids is 6. The van der Waals surface area contributed by atoms with Crippen molar-refractivity contribution in [1.82, 2.24) is 26.6 Å². The molecule has 0 saturated carbocycles. The van der Waals surface area contributed by atoms with E-state index in [0.717, 1.165) is 14.0 Å². The van der Waals surface area contributed by atoms with E-state index >= 15 is 0 Å². The number of hydrogen-bond donors (Lipinski definition) is 9. The highest BCUT2D eigenvalue weighted by Crippen LogP contribution is 2.20. The van der Waals surface area contributed by atoms with Crippen LogP contribution in [-0.4, -0.2) is 131 Å². The predicted octanol–water partition coefficient (Wildman–Crippen LogP) is -4.52. The van der Waals surface area contributed by atoms with Gasteiger partial charge in [0.2, 0.25) is 23.6 Å². The third kappa shape index (κ3) is 11.4. The molecule has 18 nitrogen and oxygen atoms in total. The van der Waals surface area contributed by atoms with Crippen LogP contribution in [-0.2, 0) is 38.2 Å². The van der Waals surface area contributed by atoms with E-state index in [0.29, 0.717) is 0 Å². The van der Waals surface area contributed by atoms with E-state index in [1.54, 1.807) is 20.8 Å². The third-order valence-electron chi connectivity index (χ3n) is 5.73. The Kier molecular flexibility index (Phi) is 14.0. The fourth-order valence-electron chi connectivity index (χ4n) is 3.70. The molecule has 42 heavy (non-hydrogen) atoms. The van der Waals surface area contributed by atoms with Crippen molar-refractivity contribution in [3.05, 3.63) is 0 Å². The molecule has 9 N–H and O–H groups in total. The zero-order valence-corrected chi connectivity index (χ0v) is 24.2. The second-order valence-electron chi connectivity index (χ2n) is 10.5. The van der Waals surface area contributed by atoms with E-state index in [-0.39, 0.29) is 0 Å². The van der Waals surface area contributed by atoms with Crippen molar-refractivity contribution >= 4 is 35.7 Å². The molecule has 1 rings (SSSR count). The third-order valence-corrected chi connectivity index (χ3v) is 5.73. The molecule has 0 aromatic heterocycles. The summed E-state index contributed by atoms with van der Waals surface area (Å²) in [5, 5.41) is 50.7. The van der Waals surface area contributed by atoms with Crippen molar-refractivity contribution in [2.24, 2.45) is 0 Å². The number of alkyl carbamates (subject to hydrolysis) is 1. The number of nitrogens with one attached hydrogen (secondary N) is 5. The Morgan fingerprint density at radius 3 is 2.02 bits per heavy atom. The molecular formula is C24H41N5O13. The van der Waals surface area contributed by atoms with Gasteiger partial charge in [-0.3, -0.25) is 19.2 Å². The quantitative estimate of drug-likeness (QED) is 0.0948. The lowest BCUT2D eigenvalue weighted by molar-refractivity contribution is -0.203. The Labute approximate surface area is 241 Å². The fraction of sp³-hybridized carbons (Fsp3) is 0.750. The molecule has 1 aliphatic rings. The standard InChI is InChI=1S/C24H41N5O13/c1-10(19(36)27-13(8-30)22(38)40-6)25-20(37)12(28-23(39)42-24(3,4)5)7-15(33)29-21-16(26-11(2)32)18(35)17(34)14(9-31)41-21/h10,12-14,16-18,21,30-31,34-35H,7-9H2,1-6H3,(H,25,37)(H,26,32)(H,27,36)(H,28,39)(H,29,33)/t10-,12-,13-,14+,16+,17+,18+,21+/m0/s1. The number of rotatable bonds is 12. The molecule has 0 bridgehead atoms. The lowest BCUT2D eigenvalue weighted by Gasteiger charge is -2.42. The van der Waals surface area contributed by atoms with Gasteiger partial charge in [0, 0.05) is 6.92 Å². The summed E-state index contributed by atoms with van der Waals surface area (Å²) in [5.41, 5.74) is -0.981. The number of hydrogen-bond acceptors (Lipinski definition) is 13. The van der Waals surface area contributed by atoms with Crippen LogP contribution in [0.4, 0.5) is 4.79 Å². The summed E-state index contributed by atoms with van der Waals surface area (Å²) in [6, 6.07) is -5.73. The smallest absolute Gasteiger partial charge is 0.408 e. The Bertz CT molecular complexity index is 988. The van der Waals surface area contributed by atoms with Crippen LogP contribution in [0.15, 0.2) is 0 Å². The SMILES string of the molecule is COC(=O)[C@H](CO)NC(=O)[C@H](C)NC(=O)[C@H](CC(=O)N[C@@H]1O[C@H](CO)[C@@H](O)[C@H](O)[C@H]1NC(C)=O)NC(=O)OC(C)(C)C. The zero-order chi connectivity index (χ0) is 32.4. The summed E-state index contributed by atoms with van der Waals surface area (Å²) in [6.07, 6.45) is -7.92. The minimum absolute atomic E-state index is 0.636. The van der Waals surface area contributed by atoms with Crippen LogP contribution in [0.5, 0.6) is 0 Å². The van der Waals surface area contributed by atoms with Gasteiger partial charge >= 0.3 is 12.1 Å². The Morgan fingerprint density at radius 1 is 0.905 bits per heavy atom. The van der Waals surface area contributed by atoms with E-state index in [2.05, 4.69) is 31.3 Å². The van der Waals surface area contributed by atoms with Gasteiger partial charge in [-0.05, 0) is 27.7 Å². The Balaban J connectivity index is 3.10. The van der Waals surface area contributed by atoms with E-state index in [4.69, 9.17) is 9.47 Å². The minimum Gasteiger partial charge on any atom is -0.467 e. The first-order valence-corrected chi connectivity index (χ1v) is 12.9. The van der Waals surface area contributed by atoms with Gasteiger partial charge in [-0.1, -0.05) is 0 Å². The average Bonchev–Trinajstić information content (AvgIpc) is 2.88. The van der Waals surface area contributed by atoms with Crippen LogP contribution in [0.2, 0.25) is 0 Å². The van der Waals surface area contributed by atoms with Gasteiger partial charge in [0.15, 0.2) is 12.3 Å². The topological polar surface area (TPSA) is 271 Å². The molecule has 1 heterocycles. The molecular weight excluding hydrogens is 566 g/mol. The molecule has 0 aromatic rings. The van der Waals surface area contributed by atoms with Gasteiger partial charge in [0.1, 0.15) is 42.0 Å². The fourth-order valence-corrected chi connectivity index (χ4v) is 3.70. The van der Waals surface area contributed by atoms with Crippen molar-refractivity contribution < 1.29 is 63.4 Å². The summed E-state index contributed by atoms with van der Waals surface area (Å²) < 4.78 is 15.0. The van der Waals surface area contributed by atoms with Crippen LogP contribution >= 0.6 is 0 Å². The molecule has 240 valence electrons. The van der Waals surface area contributed by atoms with E-state index in [1.165, 1.54) is 6.92 Å². The van der Waals surface area contributed by atoms with Crippen molar-refractivity contribution in [2.75, 3.05) is 20.3 Å². The number of methoxy groups -OCH3 is 1. The zero-order valence-electron chi connectivity index (χ0n) is 24.2. The van der Waals surface area contributed by atoms with Crippen LogP contribution in [0.3, 0.4) is 0 Å². The first-order valence-electron chi connectivity index (χ1n) is 12.9. The highest BCUT2D eigenvalue weighted by molar-refractivity contribution is 5.95. The molecule has 0 aromatic carbocycles. The highest BCUT2D eigenvalue weighted by Gasteiger charge is 2.45. The van der Waals surface area contributed by atoms with Crippen molar-refractivity contribution in [2.45, 2.75) is 95.3 Å². The molecule has 0 spiro atoms. The summed E-state index contributed by atoms with van der Waals surface area (Å²) in [7, 11) is 1.05. The van der Waals surface area contributed by atoms with Crippen molar-refractivity contribution in [3.8, 4) is 0 Å². The normalized spacial score (nSPS) is 24.2. The number of carbonyl (C=O) groups is 6. The number of ether oxygens (including phenoxy) is 3. The number of amides is 5. The van der Waals surface area contributed by atoms with Gasteiger partial charge in [0.05, 0.1) is 26.7 Å². The monoisotopic (exact) mass is 607 g/mol. The van der Waals surface area contributed by atoms with Crippen LogP contribution in [0.1, 0.15) is 41.0 Å². The summed E-state index contributed by atoms with van der Waals surface area (Å²) in [6.45, 7) is 5.49. The van der Waals surface area contributed by atoms with Crippen LogP contribution in [0, 0.1) is 0 Å². The van der Waals surface area contributed by atoms with Crippen molar-refractivity contribution in [3.63, 3.8) is 0 Å². The van der Waals surface area contributed by atoms with Crippen molar-refractivity contribution in [1.29, 1.82) is 0 Å². The molecule has 0 radical (unpaired) electrons. The van der Waals surface area contributed by atoms with Gasteiger partial charge in [0.25, 0.3) is 0 Å². The summed E-state index contributed by atoms with van der Waals surface area (Å²) >= 11 is 0. The Hall–Kier alpha value is -3.58. The largest absolute Gasteiger partial charge is 0.467 e. The van der Waals surface area contributed by atoms with Crippen LogP contribution in [0.25, 0.3) is 0 Å². The summed E-state index contributed by atoms with van der Waals surface area (Å²) in [5.74, 6) is -4.44. The molecule has 5 amide bonds. The first-order chi connectivity index (χ1) is 19.4. The number of aliphatic hydroxyl groups is 4. The number of esters is 1. The van der Waals surface area contributed by atoms with Gasteiger partial charge < -0.3 is 61.2 Å². The van der Waals surface area contributed by atoms with Gasteiger partial charge in [-0.25, -0.2) is 9.59 Å². The Morgan fingerprint density at radius 2 is 1.52 bits per heavy atom. The molecule has 1 aliphatic heterocycles. The second-order valence-corrected chi connectivity index (χ2v) is 10.5. The second kappa shape index (κ2) is 16.2. The minimum atomic E-state index is -1.66. The lowest BCUT2D eigenvalue weighted by Crippen LogP contribution is -2.68. The maximum Gasteiger partial charge on any atom is 0.408 e. The maximum atomic E-state index is 13.1. The number of aliphatic hydroxyl groups excluding tert-OH is 4. The molecule has 1 fully saturated rings. The van der Waals surface area contributed by atoms with E-state index in [1.807, 2.05) is 0 Å². The van der Waals surface area contributed by atoms with Gasteiger partial charge in [-0.2, -0.15) is 0 Å². The van der Waals surface area contributed by atoms with E-state index in [9.17, 15) is 49.2 Å². The lowest BCUT2D eigenvalue weighted by atomic mass is 9.95. The predicted molar refractivity (Wildman–Crippen MR) is 140 cm³/mol. The molecule has 1 saturated heterocycles.